The SMILES string of the molecule is COc1ccc(CNC(=S)NC[C@@H](c2cccs2)N(C)C)cc1. The summed E-state index contributed by atoms with van der Waals surface area (Å²) in [6.07, 6.45) is 0. The Balaban J connectivity index is 1.79. The zero-order valence-electron chi connectivity index (χ0n) is 13.7. The van der Waals surface area contributed by atoms with E-state index in [0.29, 0.717) is 17.7 Å². The lowest BCUT2D eigenvalue weighted by Gasteiger charge is -2.24. The van der Waals surface area contributed by atoms with Crippen molar-refractivity contribution in [3.8, 4) is 5.75 Å². The molecule has 4 nitrogen and oxygen atoms in total. The second kappa shape index (κ2) is 8.86. The van der Waals surface area contributed by atoms with Crippen molar-refractivity contribution in [3.05, 3.63) is 52.2 Å². The summed E-state index contributed by atoms with van der Waals surface area (Å²) in [7, 11) is 5.83. The Kier molecular flexibility index (Phi) is 6.83. The van der Waals surface area contributed by atoms with E-state index in [1.165, 1.54) is 4.88 Å². The van der Waals surface area contributed by atoms with Crippen molar-refractivity contribution in [3.63, 3.8) is 0 Å². The molecule has 1 heterocycles. The average molecular weight is 350 g/mol. The fourth-order valence-electron chi connectivity index (χ4n) is 2.20. The van der Waals surface area contributed by atoms with Gasteiger partial charge in [-0.15, -0.1) is 11.3 Å². The van der Waals surface area contributed by atoms with Crippen molar-refractivity contribution < 1.29 is 4.74 Å². The van der Waals surface area contributed by atoms with Crippen molar-refractivity contribution >= 4 is 28.7 Å². The van der Waals surface area contributed by atoms with E-state index < -0.39 is 0 Å². The molecule has 0 saturated carbocycles. The molecule has 2 rings (SSSR count). The predicted octanol–water partition coefficient (Wildman–Crippen LogP) is 3.02. The van der Waals surface area contributed by atoms with Gasteiger partial charge in [0, 0.05) is 18.0 Å². The Labute approximate surface area is 147 Å². The molecule has 0 unspecified atom stereocenters. The predicted molar refractivity (Wildman–Crippen MR) is 101 cm³/mol. The van der Waals surface area contributed by atoms with E-state index in [9.17, 15) is 0 Å². The van der Waals surface area contributed by atoms with E-state index in [2.05, 4.69) is 47.1 Å². The van der Waals surface area contributed by atoms with E-state index in [1.54, 1.807) is 18.4 Å². The molecule has 2 aromatic rings. The largest absolute Gasteiger partial charge is 0.497 e. The third-order valence-corrected chi connectivity index (χ3v) is 4.83. The van der Waals surface area contributed by atoms with Gasteiger partial charge in [0.05, 0.1) is 13.2 Å². The fourth-order valence-corrected chi connectivity index (χ4v) is 3.27. The van der Waals surface area contributed by atoms with Crippen LogP contribution < -0.4 is 15.4 Å². The van der Waals surface area contributed by atoms with E-state index in [-0.39, 0.29) is 0 Å². The van der Waals surface area contributed by atoms with Crippen LogP contribution in [0.1, 0.15) is 16.5 Å². The molecule has 0 bridgehead atoms. The highest BCUT2D eigenvalue weighted by Gasteiger charge is 2.15. The van der Waals surface area contributed by atoms with Crippen LogP contribution in [0.3, 0.4) is 0 Å². The number of nitrogens with zero attached hydrogens (tertiary/aromatic N) is 1. The van der Waals surface area contributed by atoms with Gasteiger partial charge >= 0.3 is 0 Å². The van der Waals surface area contributed by atoms with Crippen molar-refractivity contribution in [1.29, 1.82) is 0 Å². The average Bonchev–Trinajstić information content (AvgIpc) is 3.07. The Morgan fingerprint density at radius 3 is 2.52 bits per heavy atom. The first-order chi connectivity index (χ1) is 11.1. The maximum Gasteiger partial charge on any atom is 0.166 e. The number of nitrogens with one attached hydrogen (secondary N) is 2. The Morgan fingerprint density at radius 2 is 1.96 bits per heavy atom. The minimum absolute atomic E-state index is 0.315. The van der Waals surface area contributed by atoms with Gasteiger partial charge in [0.2, 0.25) is 0 Å². The lowest BCUT2D eigenvalue weighted by Crippen LogP contribution is -2.39. The molecule has 0 spiro atoms. The molecule has 0 fully saturated rings. The number of benzene rings is 1. The van der Waals surface area contributed by atoms with Crippen molar-refractivity contribution in [2.45, 2.75) is 12.6 Å². The first-order valence-electron chi connectivity index (χ1n) is 7.44. The summed E-state index contributed by atoms with van der Waals surface area (Å²) in [6.45, 7) is 1.48. The van der Waals surface area contributed by atoms with Gasteiger partial charge in [-0.3, -0.25) is 0 Å². The molecule has 0 radical (unpaired) electrons. The smallest absolute Gasteiger partial charge is 0.166 e. The molecule has 0 saturated heterocycles. The Bertz CT molecular complexity index is 597. The minimum atomic E-state index is 0.315. The highest BCUT2D eigenvalue weighted by Crippen LogP contribution is 2.22. The first-order valence-corrected chi connectivity index (χ1v) is 8.73. The summed E-state index contributed by atoms with van der Waals surface area (Å²) in [6, 6.07) is 12.5. The van der Waals surface area contributed by atoms with Gasteiger partial charge in [-0.1, -0.05) is 18.2 Å². The van der Waals surface area contributed by atoms with Gasteiger partial charge in [0.15, 0.2) is 5.11 Å². The number of thiophene rings is 1. The summed E-state index contributed by atoms with van der Waals surface area (Å²) < 4.78 is 5.16. The normalized spacial score (nSPS) is 12.0. The fraction of sp³-hybridized carbons (Fsp3) is 0.353. The van der Waals surface area contributed by atoms with Crippen molar-refractivity contribution in [1.82, 2.24) is 15.5 Å². The lowest BCUT2D eigenvalue weighted by atomic mass is 10.2. The zero-order chi connectivity index (χ0) is 16.7. The molecule has 124 valence electrons. The molecule has 0 aliphatic carbocycles. The Morgan fingerprint density at radius 1 is 1.22 bits per heavy atom. The second-order valence-electron chi connectivity index (χ2n) is 5.41. The van der Waals surface area contributed by atoms with Crippen LogP contribution in [0.15, 0.2) is 41.8 Å². The van der Waals surface area contributed by atoms with Gasteiger partial charge in [0.25, 0.3) is 0 Å². The quantitative estimate of drug-likeness (QED) is 0.752. The van der Waals surface area contributed by atoms with Gasteiger partial charge < -0.3 is 20.3 Å². The highest BCUT2D eigenvalue weighted by atomic mass is 32.1. The van der Waals surface area contributed by atoms with E-state index in [1.807, 2.05) is 24.3 Å². The molecule has 6 heteroatoms. The first kappa shape index (κ1) is 17.7. The monoisotopic (exact) mass is 349 g/mol. The molecule has 0 aliphatic rings. The van der Waals surface area contributed by atoms with Crippen LogP contribution in [0.2, 0.25) is 0 Å². The maximum atomic E-state index is 5.37. The Hall–Kier alpha value is -1.63. The molecule has 2 N–H and O–H groups in total. The number of ether oxygens (including phenoxy) is 1. The van der Waals surface area contributed by atoms with E-state index in [0.717, 1.165) is 17.9 Å². The molecule has 23 heavy (non-hydrogen) atoms. The number of hydrogen-bond donors (Lipinski definition) is 2. The second-order valence-corrected chi connectivity index (χ2v) is 6.79. The van der Waals surface area contributed by atoms with Crippen molar-refractivity contribution in [2.75, 3.05) is 27.7 Å². The van der Waals surface area contributed by atoms with Crippen LogP contribution in [-0.4, -0.2) is 37.8 Å². The van der Waals surface area contributed by atoms with Crippen LogP contribution in [0.25, 0.3) is 0 Å². The summed E-state index contributed by atoms with van der Waals surface area (Å²) in [5.74, 6) is 0.860. The number of rotatable bonds is 7. The molecule has 1 aromatic carbocycles. The van der Waals surface area contributed by atoms with Crippen LogP contribution in [0, 0.1) is 0 Å². The molecule has 0 aliphatic heterocycles. The highest BCUT2D eigenvalue weighted by molar-refractivity contribution is 7.80. The summed E-state index contributed by atoms with van der Waals surface area (Å²) in [5.41, 5.74) is 1.16. The van der Waals surface area contributed by atoms with Crippen molar-refractivity contribution in [2.24, 2.45) is 0 Å². The van der Waals surface area contributed by atoms with E-state index >= 15 is 0 Å². The molecular formula is C17H23N3OS2. The standard InChI is InChI=1S/C17H23N3OS2/c1-20(2)15(16-5-4-10-23-16)12-19-17(22)18-11-13-6-8-14(21-3)9-7-13/h4-10,15H,11-12H2,1-3H3,(H2,18,19,22)/t15-/m0/s1. The maximum absolute atomic E-state index is 5.37. The third kappa shape index (κ3) is 5.49. The number of likely N-dealkylation sites (N-methyl/N-ethyl adjacent to an activating group) is 1. The lowest BCUT2D eigenvalue weighted by molar-refractivity contribution is 0.303. The van der Waals surface area contributed by atoms with Gasteiger partial charge in [-0.25, -0.2) is 0 Å². The van der Waals surface area contributed by atoms with Gasteiger partial charge in [-0.2, -0.15) is 0 Å². The summed E-state index contributed by atoms with van der Waals surface area (Å²) in [5, 5.41) is 9.32. The molecule has 0 amide bonds. The third-order valence-electron chi connectivity index (χ3n) is 3.56. The summed E-state index contributed by atoms with van der Waals surface area (Å²) >= 11 is 7.14. The number of methoxy groups -OCH3 is 1. The molecule has 1 aromatic heterocycles. The van der Waals surface area contributed by atoms with Gasteiger partial charge in [-0.05, 0) is 55.5 Å². The summed E-state index contributed by atoms with van der Waals surface area (Å²) in [4.78, 5) is 3.53. The van der Waals surface area contributed by atoms with Crippen LogP contribution in [-0.2, 0) is 6.54 Å². The van der Waals surface area contributed by atoms with Crippen LogP contribution >= 0.6 is 23.6 Å². The zero-order valence-corrected chi connectivity index (χ0v) is 15.3. The van der Waals surface area contributed by atoms with Crippen LogP contribution in [0.4, 0.5) is 0 Å². The molecular weight excluding hydrogens is 326 g/mol. The van der Waals surface area contributed by atoms with E-state index in [4.69, 9.17) is 17.0 Å². The number of thiocarbonyl (C=S) groups is 1. The minimum Gasteiger partial charge on any atom is -0.497 e. The topological polar surface area (TPSA) is 36.5 Å². The van der Waals surface area contributed by atoms with Crippen LogP contribution in [0.5, 0.6) is 5.75 Å². The van der Waals surface area contributed by atoms with Gasteiger partial charge in [0.1, 0.15) is 5.75 Å². The number of hydrogen-bond acceptors (Lipinski definition) is 4. The molecule has 1 atom stereocenters.